The van der Waals surface area contributed by atoms with E-state index in [2.05, 4.69) is 20.7 Å². The molecule has 1 aromatic rings. The van der Waals surface area contributed by atoms with Gasteiger partial charge in [-0.15, -0.1) is 0 Å². The van der Waals surface area contributed by atoms with Crippen LogP contribution in [0.15, 0.2) is 22.7 Å². The third kappa shape index (κ3) is 5.61. The highest BCUT2D eigenvalue weighted by molar-refractivity contribution is 9.10. The standard InChI is InChI=1S/C14H19BrN2O3S/c1-19-8-7-17(6-5-13(18)20-2)12-9-10(15)3-4-11(12)14(16)21/h3-4,9H,5-8H2,1-2H3,(H2,16,21). The molecular weight excluding hydrogens is 356 g/mol. The van der Waals surface area contributed by atoms with Crippen LogP contribution in [0, 0.1) is 0 Å². The summed E-state index contributed by atoms with van der Waals surface area (Å²) >= 11 is 8.54. The molecule has 0 aliphatic carbocycles. The zero-order valence-electron chi connectivity index (χ0n) is 12.1. The van der Waals surface area contributed by atoms with Gasteiger partial charge < -0.3 is 20.1 Å². The van der Waals surface area contributed by atoms with Gasteiger partial charge in [0.1, 0.15) is 4.99 Å². The van der Waals surface area contributed by atoms with Crippen LogP contribution in [0.1, 0.15) is 12.0 Å². The monoisotopic (exact) mass is 374 g/mol. The minimum atomic E-state index is -0.260. The van der Waals surface area contributed by atoms with Crippen LogP contribution in [-0.4, -0.2) is 44.9 Å². The van der Waals surface area contributed by atoms with E-state index in [0.29, 0.717) is 24.7 Å². The predicted molar refractivity (Wildman–Crippen MR) is 90.8 cm³/mol. The highest BCUT2D eigenvalue weighted by atomic mass is 79.9. The van der Waals surface area contributed by atoms with Gasteiger partial charge in [-0.1, -0.05) is 28.1 Å². The molecule has 0 heterocycles. The zero-order valence-corrected chi connectivity index (χ0v) is 14.5. The van der Waals surface area contributed by atoms with Gasteiger partial charge in [-0.2, -0.15) is 0 Å². The van der Waals surface area contributed by atoms with Crippen molar-refractivity contribution in [1.29, 1.82) is 0 Å². The van der Waals surface area contributed by atoms with E-state index in [4.69, 9.17) is 22.7 Å². The molecule has 0 aromatic heterocycles. The van der Waals surface area contributed by atoms with Crippen molar-refractivity contribution >= 4 is 44.8 Å². The van der Waals surface area contributed by atoms with E-state index < -0.39 is 0 Å². The number of benzene rings is 1. The molecule has 5 nitrogen and oxygen atoms in total. The zero-order chi connectivity index (χ0) is 15.8. The summed E-state index contributed by atoms with van der Waals surface area (Å²) < 4.78 is 10.7. The van der Waals surface area contributed by atoms with Crippen LogP contribution >= 0.6 is 28.1 Å². The van der Waals surface area contributed by atoms with Crippen molar-refractivity contribution in [2.24, 2.45) is 5.73 Å². The molecule has 1 rings (SSSR count). The Labute approximate surface area is 138 Å². The summed E-state index contributed by atoms with van der Waals surface area (Å²) in [6.07, 6.45) is 0.281. The highest BCUT2D eigenvalue weighted by Crippen LogP contribution is 2.25. The van der Waals surface area contributed by atoms with Gasteiger partial charge in [-0.3, -0.25) is 4.79 Å². The van der Waals surface area contributed by atoms with Crippen LogP contribution in [0.5, 0.6) is 0 Å². The first kappa shape index (κ1) is 17.9. The maximum absolute atomic E-state index is 11.4. The van der Waals surface area contributed by atoms with Gasteiger partial charge in [-0.05, 0) is 18.2 Å². The van der Waals surface area contributed by atoms with E-state index in [0.717, 1.165) is 15.7 Å². The highest BCUT2D eigenvalue weighted by Gasteiger charge is 2.15. The number of ether oxygens (including phenoxy) is 2. The van der Waals surface area contributed by atoms with Crippen LogP contribution in [0.2, 0.25) is 0 Å². The molecule has 0 fully saturated rings. The smallest absolute Gasteiger partial charge is 0.307 e. The maximum Gasteiger partial charge on any atom is 0.307 e. The SMILES string of the molecule is COCCN(CCC(=O)OC)c1cc(Br)ccc1C(N)=S. The number of rotatable bonds is 8. The van der Waals surface area contributed by atoms with Gasteiger partial charge in [0.05, 0.1) is 20.1 Å². The second kappa shape index (κ2) is 8.96. The summed E-state index contributed by atoms with van der Waals surface area (Å²) in [7, 11) is 3.01. The van der Waals surface area contributed by atoms with Gasteiger partial charge in [0.2, 0.25) is 0 Å². The predicted octanol–water partition coefficient (Wildman–Crippen LogP) is 2.10. The molecule has 0 saturated carbocycles. The Balaban J connectivity index is 3.03. The first-order chi connectivity index (χ1) is 9.99. The summed E-state index contributed by atoms with van der Waals surface area (Å²) in [5.74, 6) is -0.260. The van der Waals surface area contributed by atoms with Crippen molar-refractivity contribution in [3.8, 4) is 0 Å². The number of methoxy groups -OCH3 is 2. The Morgan fingerprint density at radius 1 is 1.38 bits per heavy atom. The van der Waals surface area contributed by atoms with Crippen molar-refractivity contribution in [2.45, 2.75) is 6.42 Å². The van der Waals surface area contributed by atoms with Crippen LogP contribution in [0.3, 0.4) is 0 Å². The number of nitrogens with zero attached hydrogens (tertiary/aromatic N) is 1. The molecule has 0 aliphatic heterocycles. The molecule has 0 bridgehead atoms. The number of esters is 1. The molecule has 116 valence electrons. The van der Waals surface area contributed by atoms with Crippen LogP contribution in [0.25, 0.3) is 0 Å². The number of nitrogens with two attached hydrogens (primary N) is 1. The summed E-state index contributed by atoms with van der Waals surface area (Å²) in [6, 6.07) is 5.67. The van der Waals surface area contributed by atoms with Gasteiger partial charge in [0, 0.05) is 35.9 Å². The summed E-state index contributed by atoms with van der Waals surface area (Å²) in [5, 5.41) is 0. The van der Waals surface area contributed by atoms with Gasteiger partial charge in [0.15, 0.2) is 0 Å². The number of carbonyl (C=O) groups is 1. The fourth-order valence-corrected chi connectivity index (χ4v) is 2.38. The summed E-state index contributed by atoms with van der Waals surface area (Å²) in [6.45, 7) is 1.66. The Morgan fingerprint density at radius 2 is 2.10 bits per heavy atom. The minimum Gasteiger partial charge on any atom is -0.469 e. The lowest BCUT2D eigenvalue weighted by atomic mass is 10.1. The summed E-state index contributed by atoms with van der Waals surface area (Å²) in [5.41, 5.74) is 7.43. The number of hydrogen-bond donors (Lipinski definition) is 1. The molecule has 0 atom stereocenters. The van der Waals surface area contributed by atoms with E-state index in [1.54, 1.807) is 7.11 Å². The lowest BCUT2D eigenvalue weighted by Crippen LogP contribution is -2.31. The molecule has 0 unspecified atom stereocenters. The van der Waals surface area contributed by atoms with Crippen LogP contribution < -0.4 is 10.6 Å². The number of hydrogen-bond acceptors (Lipinski definition) is 5. The fraction of sp³-hybridized carbons (Fsp3) is 0.429. The number of carbonyl (C=O) groups excluding carboxylic acids is 1. The number of halogens is 1. The lowest BCUT2D eigenvalue weighted by molar-refractivity contribution is -0.140. The van der Waals surface area contributed by atoms with Gasteiger partial charge >= 0.3 is 5.97 Å². The fourth-order valence-electron chi connectivity index (χ4n) is 1.86. The van der Waals surface area contributed by atoms with E-state index >= 15 is 0 Å². The molecule has 2 N–H and O–H groups in total. The molecule has 0 saturated heterocycles. The Hall–Kier alpha value is -1.18. The number of anilines is 1. The third-order valence-corrected chi connectivity index (χ3v) is 3.66. The molecular formula is C14H19BrN2O3S. The van der Waals surface area contributed by atoms with Crippen LogP contribution in [0.4, 0.5) is 5.69 Å². The second-order valence-corrected chi connectivity index (χ2v) is 5.69. The lowest BCUT2D eigenvalue weighted by Gasteiger charge is -2.26. The minimum absolute atomic E-state index is 0.260. The largest absolute Gasteiger partial charge is 0.469 e. The van der Waals surface area contributed by atoms with E-state index in [-0.39, 0.29) is 12.4 Å². The topological polar surface area (TPSA) is 64.8 Å². The van der Waals surface area contributed by atoms with Crippen molar-refractivity contribution in [3.05, 3.63) is 28.2 Å². The Kier molecular flexibility index (Phi) is 7.63. The van der Waals surface area contributed by atoms with Crippen molar-refractivity contribution < 1.29 is 14.3 Å². The van der Waals surface area contributed by atoms with E-state index in [9.17, 15) is 4.79 Å². The van der Waals surface area contributed by atoms with E-state index in [1.807, 2.05) is 23.1 Å². The van der Waals surface area contributed by atoms with Crippen LogP contribution in [-0.2, 0) is 14.3 Å². The number of thiocarbonyl (C=S) groups is 1. The normalized spacial score (nSPS) is 10.2. The Morgan fingerprint density at radius 3 is 2.67 bits per heavy atom. The molecule has 7 heteroatoms. The average Bonchev–Trinajstić information content (AvgIpc) is 2.46. The molecule has 0 radical (unpaired) electrons. The maximum atomic E-state index is 11.4. The molecule has 0 spiro atoms. The van der Waals surface area contributed by atoms with Gasteiger partial charge in [0.25, 0.3) is 0 Å². The van der Waals surface area contributed by atoms with E-state index in [1.165, 1.54) is 7.11 Å². The molecule has 0 amide bonds. The van der Waals surface area contributed by atoms with Gasteiger partial charge in [-0.25, -0.2) is 0 Å². The quantitative estimate of drug-likeness (QED) is 0.555. The summed E-state index contributed by atoms with van der Waals surface area (Å²) in [4.78, 5) is 13.7. The van der Waals surface area contributed by atoms with Crippen molar-refractivity contribution in [1.82, 2.24) is 0 Å². The van der Waals surface area contributed by atoms with Crippen molar-refractivity contribution in [2.75, 3.05) is 38.8 Å². The first-order valence-electron chi connectivity index (χ1n) is 6.39. The molecule has 0 aliphatic rings. The third-order valence-electron chi connectivity index (χ3n) is 2.94. The average molecular weight is 375 g/mol. The molecule has 1 aromatic carbocycles. The second-order valence-electron chi connectivity index (χ2n) is 4.33. The van der Waals surface area contributed by atoms with Crippen molar-refractivity contribution in [3.63, 3.8) is 0 Å². The molecule has 21 heavy (non-hydrogen) atoms. The first-order valence-corrected chi connectivity index (χ1v) is 7.59. The Bertz CT molecular complexity index is 511.